The van der Waals surface area contributed by atoms with Crippen LogP contribution in [-0.4, -0.2) is 19.4 Å². The van der Waals surface area contributed by atoms with Gasteiger partial charge in [0.25, 0.3) is 0 Å². The first kappa shape index (κ1) is 11.3. The van der Waals surface area contributed by atoms with E-state index in [0.29, 0.717) is 6.42 Å². The number of hydrazine groups is 1. The highest BCUT2D eigenvalue weighted by molar-refractivity contribution is 7.15. The molecule has 0 amide bonds. The van der Waals surface area contributed by atoms with Crippen molar-refractivity contribution in [3.05, 3.63) is 47.8 Å². The van der Waals surface area contributed by atoms with Gasteiger partial charge in [0.05, 0.1) is 17.4 Å². The maximum absolute atomic E-state index is 5.58. The lowest BCUT2D eigenvalue weighted by Crippen LogP contribution is -2.30. The Hall–Kier alpha value is -1.83. The van der Waals surface area contributed by atoms with Gasteiger partial charge in [-0.3, -0.25) is 15.7 Å². The summed E-state index contributed by atoms with van der Waals surface area (Å²) in [4.78, 5) is 13.6. The van der Waals surface area contributed by atoms with Gasteiger partial charge in [-0.05, 0) is 6.07 Å². The van der Waals surface area contributed by atoms with Gasteiger partial charge in [-0.2, -0.15) is 0 Å². The summed E-state index contributed by atoms with van der Waals surface area (Å²) in [5.74, 6) is 5.58. The van der Waals surface area contributed by atoms with Gasteiger partial charge >= 0.3 is 0 Å². The van der Waals surface area contributed by atoms with Crippen LogP contribution in [0.25, 0.3) is 4.96 Å². The third kappa shape index (κ3) is 2.10. The van der Waals surface area contributed by atoms with E-state index in [4.69, 9.17) is 5.84 Å². The van der Waals surface area contributed by atoms with Gasteiger partial charge in [-0.15, -0.1) is 11.3 Å². The molecular weight excluding hydrogens is 248 g/mol. The van der Waals surface area contributed by atoms with Gasteiger partial charge in [0.15, 0.2) is 4.96 Å². The Morgan fingerprint density at radius 3 is 3.17 bits per heavy atom. The topological polar surface area (TPSA) is 81.1 Å². The van der Waals surface area contributed by atoms with Gasteiger partial charge in [0.2, 0.25) is 0 Å². The molecule has 1 atom stereocenters. The predicted molar refractivity (Wildman–Crippen MR) is 68.9 cm³/mol. The smallest absolute Gasteiger partial charge is 0.193 e. The monoisotopic (exact) mass is 260 g/mol. The van der Waals surface area contributed by atoms with Crippen molar-refractivity contribution in [2.24, 2.45) is 5.84 Å². The van der Waals surface area contributed by atoms with E-state index in [2.05, 4.69) is 20.4 Å². The van der Waals surface area contributed by atoms with Crippen LogP contribution in [0.4, 0.5) is 0 Å². The van der Waals surface area contributed by atoms with Crippen molar-refractivity contribution >= 4 is 16.3 Å². The molecule has 0 spiro atoms. The number of thiazole rings is 1. The Balaban J connectivity index is 1.84. The van der Waals surface area contributed by atoms with Crippen LogP contribution in [-0.2, 0) is 6.42 Å². The minimum Gasteiger partial charge on any atom is -0.297 e. The average Bonchev–Trinajstić information content (AvgIpc) is 2.97. The van der Waals surface area contributed by atoms with Gasteiger partial charge < -0.3 is 0 Å². The van der Waals surface area contributed by atoms with Crippen LogP contribution in [0.3, 0.4) is 0 Å². The number of hydrogen-bond acceptors (Lipinski definition) is 6. The second-order valence-corrected chi connectivity index (χ2v) is 4.76. The van der Waals surface area contributed by atoms with Crippen LogP contribution in [0, 0.1) is 0 Å². The summed E-state index contributed by atoms with van der Waals surface area (Å²) >= 11 is 1.61. The Kier molecular flexibility index (Phi) is 3.01. The van der Waals surface area contributed by atoms with Gasteiger partial charge in [-0.1, -0.05) is 0 Å². The summed E-state index contributed by atoms with van der Waals surface area (Å²) < 4.78 is 2.01. The Bertz CT molecular complexity index is 603. The number of hydrogen-bond donors (Lipinski definition) is 2. The molecule has 1 unspecified atom stereocenters. The van der Waals surface area contributed by atoms with Crippen LogP contribution < -0.4 is 11.3 Å². The first-order chi connectivity index (χ1) is 8.86. The highest BCUT2D eigenvalue weighted by Crippen LogP contribution is 2.17. The van der Waals surface area contributed by atoms with Crippen molar-refractivity contribution in [2.75, 3.05) is 0 Å². The lowest BCUT2D eigenvalue weighted by atomic mass is 10.1. The molecule has 3 aromatic rings. The number of nitrogens with two attached hydrogens (primary N) is 1. The predicted octanol–water partition coefficient (Wildman–Crippen LogP) is 0.933. The Labute approximate surface area is 107 Å². The van der Waals surface area contributed by atoms with E-state index in [1.165, 1.54) is 6.33 Å². The SMILES string of the molecule is NNC(Cc1cn2ccsc2n1)c1ccncn1. The molecule has 0 aliphatic carbocycles. The number of rotatable bonds is 4. The fourth-order valence-electron chi connectivity index (χ4n) is 1.84. The molecule has 6 nitrogen and oxygen atoms in total. The molecule has 3 N–H and O–H groups in total. The summed E-state index contributed by atoms with van der Waals surface area (Å²) in [6.07, 6.45) is 7.93. The van der Waals surface area contributed by atoms with Crippen molar-refractivity contribution in [1.82, 2.24) is 24.8 Å². The molecule has 3 aromatic heterocycles. The zero-order valence-electron chi connectivity index (χ0n) is 9.52. The fourth-order valence-corrected chi connectivity index (χ4v) is 2.56. The van der Waals surface area contributed by atoms with E-state index in [9.17, 15) is 0 Å². The molecule has 0 aliphatic rings. The number of nitrogens with zero attached hydrogens (tertiary/aromatic N) is 4. The first-order valence-corrected chi connectivity index (χ1v) is 6.38. The highest BCUT2D eigenvalue weighted by atomic mass is 32.1. The second-order valence-electron chi connectivity index (χ2n) is 3.88. The van der Waals surface area contributed by atoms with E-state index in [-0.39, 0.29) is 6.04 Å². The van der Waals surface area contributed by atoms with Crippen LogP contribution in [0.5, 0.6) is 0 Å². The lowest BCUT2D eigenvalue weighted by molar-refractivity contribution is 0.532. The normalized spacial score (nSPS) is 12.9. The summed E-state index contributed by atoms with van der Waals surface area (Å²) in [6.45, 7) is 0. The molecule has 0 bridgehead atoms. The van der Waals surface area contributed by atoms with Crippen molar-refractivity contribution in [2.45, 2.75) is 12.5 Å². The van der Waals surface area contributed by atoms with Gasteiger partial charge in [0.1, 0.15) is 6.33 Å². The molecule has 0 aromatic carbocycles. The molecule has 18 heavy (non-hydrogen) atoms. The molecule has 0 saturated carbocycles. The van der Waals surface area contributed by atoms with Crippen LogP contribution in [0.2, 0.25) is 0 Å². The fraction of sp³-hybridized carbons (Fsp3) is 0.182. The number of imidazole rings is 1. The summed E-state index contributed by atoms with van der Waals surface area (Å²) in [5.41, 5.74) is 4.62. The molecule has 3 rings (SSSR count). The Morgan fingerprint density at radius 2 is 2.44 bits per heavy atom. The summed E-state index contributed by atoms with van der Waals surface area (Å²) in [7, 11) is 0. The van der Waals surface area contributed by atoms with Gasteiger partial charge in [0, 0.05) is 30.4 Å². The molecule has 0 radical (unpaired) electrons. The number of fused-ring (bicyclic) bond motifs is 1. The molecule has 7 heteroatoms. The minimum absolute atomic E-state index is 0.0578. The van der Waals surface area contributed by atoms with Crippen molar-refractivity contribution < 1.29 is 0 Å². The maximum atomic E-state index is 5.58. The molecule has 0 saturated heterocycles. The molecule has 0 fully saturated rings. The maximum Gasteiger partial charge on any atom is 0.193 e. The standard InChI is InChI=1S/C11H12N6S/c12-16-10(9-1-2-13-7-14-9)5-8-6-17-3-4-18-11(17)15-8/h1-4,6-7,10,16H,5,12H2. The molecule has 0 aliphatic heterocycles. The molecule has 92 valence electrons. The largest absolute Gasteiger partial charge is 0.297 e. The number of nitrogens with one attached hydrogen (secondary N) is 1. The molecular formula is C11H12N6S. The van der Waals surface area contributed by atoms with E-state index < -0.39 is 0 Å². The van der Waals surface area contributed by atoms with E-state index >= 15 is 0 Å². The zero-order chi connectivity index (χ0) is 12.4. The zero-order valence-corrected chi connectivity index (χ0v) is 10.3. The first-order valence-electron chi connectivity index (χ1n) is 5.50. The Morgan fingerprint density at radius 1 is 1.50 bits per heavy atom. The number of aromatic nitrogens is 4. The minimum atomic E-state index is -0.0578. The molecule has 3 heterocycles. The third-order valence-corrected chi connectivity index (χ3v) is 3.49. The van der Waals surface area contributed by atoms with E-state index in [1.54, 1.807) is 17.5 Å². The van der Waals surface area contributed by atoms with E-state index in [0.717, 1.165) is 16.3 Å². The van der Waals surface area contributed by atoms with Crippen molar-refractivity contribution in [3.8, 4) is 0 Å². The van der Waals surface area contributed by atoms with Crippen LogP contribution >= 0.6 is 11.3 Å². The quantitative estimate of drug-likeness (QED) is 0.539. The third-order valence-electron chi connectivity index (χ3n) is 2.72. The van der Waals surface area contributed by atoms with Crippen LogP contribution in [0.15, 0.2) is 36.4 Å². The van der Waals surface area contributed by atoms with E-state index in [1.807, 2.05) is 28.2 Å². The lowest BCUT2D eigenvalue weighted by Gasteiger charge is -2.13. The van der Waals surface area contributed by atoms with Crippen molar-refractivity contribution in [3.63, 3.8) is 0 Å². The highest BCUT2D eigenvalue weighted by Gasteiger charge is 2.14. The summed E-state index contributed by atoms with van der Waals surface area (Å²) in [5, 5.41) is 2.01. The van der Waals surface area contributed by atoms with Crippen LogP contribution in [0.1, 0.15) is 17.4 Å². The second kappa shape index (κ2) is 4.81. The summed E-state index contributed by atoms with van der Waals surface area (Å²) in [6, 6.07) is 1.79. The van der Waals surface area contributed by atoms with Crippen molar-refractivity contribution in [1.29, 1.82) is 0 Å². The van der Waals surface area contributed by atoms with Gasteiger partial charge in [-0.25, -0.2) is 15.0 Å². The average molecular weight is 260 g/mol.